The third-order valence-electron chi connectivity index (χ3n) is 3.58. The van der Waals surface area contributed by atoms with Gasteiger partial charge in [0.05, 0.1) is 7.11 Å². The Balaban J connectivity index is 2.29. The Morgan fingerprint density at radius 3 is 2.59 bits per heavy atom. The molecule has 0 atom stereocenters. The molecule has 0 heterocycles. The van der Waals surface area contributed by atoms with Crippen LogP contribution < -0.4 is 9.46 Å². The number of aryl methyl sites for hydroxylation is 1. The number of halogens is 1. The normalized spacial score (nSPS) is 11.5. The molecule has 0 saturated carbocycles. The van der Waals surface area contributed by atoms with Gasteiger partial charge in [-0.1, -0.05) is 34.1 Å². The molecular formula is C16H18BrNO3S. The SMILES string of the molecule is COc1ccc(Br)cc1S(=O)(=O)NCc1cccc(C)c1C. The molecule has 118 valence electrons. The summed E-state index contributed by atoms with van der Waals surface area (Å²) in [6.45, 7) is 4.23. The Hall–Kier alpha value is -1.37. The van der Waals surface area contributed by atoms with Crippen LogP contribution in [-0.4, -0.2) is 15.5 Å². The van der Waals surface area contributed by atoms with Crippen LogP contribution in [0.15, 0.2) is 45.8 Å². The maximum Gasteiger partial charge on any atom is 0.244 e. The second-order valence-electron chi connectivity index (χ2n) is 4.98. The van der Waals surface area contributed by atoms with Crippen molar-refractivity contribution in [1.82, 2.24) is 4.72 Å². The molecule has 1 N–H and O–H groups in total. The summed E-state index contributed by atoms with van der Waals surface area (Å²) < 4.78 is 33.5. The maximum absolute atomic E-state index is 12.5. The lowest BCUT2D eigenvalue weighted by atomic mass is 10.0. The van der Waals surface area contributed by atoms with Gasteiger partial charge in [0.15, 0.2) is 0 Å². The first kappa shape index (κ1) is 17.0. The Morgan fingerprint density at radius 2 is 1.91 bits per heavy atom. The highest BCUT2D eigenvalue weighted by atomic mass is 79.9. The van der Waals surface area contributed by atoms with E-state index >= 15 is 0 Å². The van der Waals surface area contributed by atoms with Gasteiger partial charge in [0.2, 0.25) is 10.0 Å². The smallest absolute Gasteiger partial charge is 0.244 e. The summed E-state index contributed by atoms with van der Waals surface area (Å²) in [5, 5.41) is 0. The minimum absolute atomic E-state index is 0.120. The molecule has 6 heteroatoms. The molecule has 0 amide bonds. The summed E-state index contributed by atoms with van der Waals surface area (Å²) in [7, 11) is -2.21. The van der Waals surface area contributed by atoms with E-state index in [-0.39, 0.29) is 11.4 Å². The van der Waals surface area contributed by atoms with Gasteiger partial charge in [0.25, 0.3) is 0 Å². The van der Waals surface area contributed by atoms with E-state index in [1.807, 2.05) is 32.0 Å². The van der Waals surface area contributed by atoms with Crippen molar-refractivity contribution in [1.29, 1.82) is 0 Å². The van der Waals surface area contributed by atoms with E-state index < -0.39 is 10.0 Å². The van der Waals surface area contributed by atoms with Crippen molar-refractivity contribution >= 4 is 26.0 Å². The van der Waals surface area contributed by atoms with Crippen LogP contribution in [0.1, 0.15) is 16.7 Å². The van der Waals surface area contributed by atoms with Crippen LogP contribution >= 0.6 is 15.9 Å². The molecule has 0 aliphatic carbocycles. The van der Waals surface area contributed by atoms with Crippen molar-refractivity contribution < 1.29 is 13.2 Å². The molecule has 4 nitrogen and oxygen atoms in total. The molecule has 0 aromatic heterocycles. The van der Waals surface area contributed by atoms with E-state index in [1.165, 1.54) is 13.2 Å². The molecule has 2 aromatic rings. The molecule has 0 aliphatic heterocycles. The van der Waals surface area contributed by atoms with Crippen LogP contribution in [0.4, 0.5) is 0 Å². The molecular weight excluding hydrogens is 366 g/mol. The summed E-state index contributed by atoms with van der Waals surface area (Å²) in [5.74, 6) is 0.316. The van der Waals surface area contributed by atoms with Crippen molar-refractivity contribution in [3.63, 3.8) is 0 Å². The van der Waals surface area contributed by atoms with E-state index in [2.05, 4.69) is 20.7 Å². The number of sulfonamides is 1. The van der Waals surface area contributed by atoms with Crippen molar-refractivity contribution in [3.8, 4) is 5.75 Å². The fourth-order valence-corrected chi connectivity index (χ4v) is 3.83. The zero-order valence-electron chi connectivity index (χ0n) is 12.7. The van der Waals surface area contributed by atoms with Gasteiger partial charge in [-0.15, -0.1) is 0 Å². The van der Waals surface area contributed by atoms with Crippen LogP contribution in [-0.2, 0) is 16.6 Å². The molecule has 2 rings (SSSR count). The van der Waals surface area contributed by atoms with Crippen LogP contribution in [0, 0.1) is 13.8 Å². The van der Waals surface area contributed by atoms with E-state index in [0.29, 0.717) is 10.2 Å². The lowest BCUT2D eigenvalue weighted by Crippen LogP contribution is -2.24. The summed E-state index contributed by atoms with van der Waals surface area (Å²) in [6.07, 6.45) is 0. The topological polar surface area (TPSA) is 55.4 Å². The number of methoxy groups -OCH3 is 1. The molecule has 0 bridgehead atoms. The average molecular weight is 384 g/mol. The highest BCUT2D eigenvalue weighted by molar-refractivity contribution is 9.10. The second-order valence-corrected chi connectivity index (χ2v) is 7.63. The molecule has 22 heavy (non-hydrogen) atoms. The fourth-order valence-electron chi connectivity index (χ4n) is 2.11. The third kappa shape index (κ3) is 3.69. The summed E-state index contributed by atoms with van der Waals surface area (Å²) in [5.41, 5.74) is 3.18. The summed E-state index contributed by atoms with van der Waals surface area (Å²) in [4.78, 5) is 0.120. The zero-order valence-corrected chi connectivity index (χ0v) is 15.1. The molecule has 0 radical (unpaired) electrons. The van der Waals surface area contributed by atoms with Crippen molar-refractivity contribution in [2.75, 3.05) is 7.11 Å². The number of benzene rings is 2. The largest absolute Gasteiger partial charge is 0.495 e. The number of hydrogen-bond acceptors (Lipinski definition) is 3. The van der Waals surface area contributed by atoms with Crippen molar-refractivity contribution in [2.24, 2.45) is 0 Å². The molecule has 2 aromatic carbocycles. The van der Waals surface area contributed by atoms with Crippen LogP contribution in [0.5, 0.6) is 5.75 Å². The maximum atomic E-state index is 12.5. The number of hydrogen-bond donors (Lipinski definition) is 1. The Kier molecular flexibility index (Phi) is 5.26. The quantitative estimate of drug-likeness (QED) is 0.858. The Labute approximate surface area is 139 Å². The van der Waals surface area contributed by atoms with Crippen LogP contribution in [0.25, 0.3) is 0 Å². The molecule has 0 saturated heterocycles. The predicted octanol–water partition coefficient (Wildman–Crippen LogP) is 3.55. The van der Waals surface area contributed by atoms with Crippen LogP contribution in [0.2, 0.25) is 0 Å². The molecule has 0 unspecified atom stereocenters. The minimum atomic E-state index is -3.66. The third-order valence-corrected chi connectivity index (χ3v) is 5.50. The van der Waals surface area contributed by atoms with Crippen LogP contribution in [0.3, 0.4) is 0 Å². The van der Waals surface area contributed by atoms with Gasteiger partial charge in [0.1, 0.15) is 10.6 Å². The minimum Gasteiger partial charge on any atom is -0.495 e. The second kappa shape index (κ2) is 6.81. The van der Waals surface area contributed by atoms with Crippen molar-refractivity contribution in [3.05, 3.63) is 57.6 Å². The van der Waals surface area contributed by atoms with E-state index in [9.17, 15) is 8.42 Å². The molecule has 0 fully saturated rings. The van der Waals surface area contributed by atoms with Gasteiger partial charge in [-0.3, -0.25) is 0 Å². The lowest BCUT2D eigenvalue weighted by molar-refractivity contribution is 0.402. The van der Waals surface area contributed by atoms with Gasteiger partial charge >= 0.3 is 0 Å². The monoisotopic (exact) mass is 383 g/mol. The summed E-state index contributed by atoms with van der Waals surface area (Å²) in [6, 6.07) is 10.7. The van der Waals surface area contributed by atoms with Gasteiger partial charge in [-0.2, -0.15) is 0 Å². The number of ether oxygens (including phenoxy) is 1. The highest BCUT2D eigenvalue weighted by Gasteiger charge is 2.20. The number of rotatable bonds is 5. The first-order valence-electron chi connectivity index (χ1n) is 6.73. The lowest BCUT2D eigenvalue weighted by Gasteiger charge is -2.13. The summed E-state index contributed by atoms with van der Waals surface area (Å²) >= 11 is 3.29. The number of nitrogens with one attached hydrogen (secondary N) is 1. The molecule has 0 aliphatic rings. The predicted molar refractivity (Wildman–Crippen MR) is 90.6 cm³/mol. The highest BCUT2D eigenvalue weighted by Crippen LogP contribution is 2.27. The van der Waals surface area contributed by atoms with Gasteiger partial charge in [-0.05, 0) is 48.7 Å². The Morgan fingerprint density at radius 1 is 1.18 bits per heavy atom. The zero-order chi connectivity index (χ0) is 16.3. The first-order chi connectivity index (χ1) is 10.3. The Bertz CT molecular complexity index is 788. The first-order valence-corrected chi connectivity index (χ1v) is 9.01. The van der Waals surface area contributed by atoms with Crippen molar-refractivity contribution in [2.45, 2.75) is 25.3 Å². The van der Waals surface area contributed by atoms with E-state index in [4.69, 9.17) is 4.74 Å². The van der Waals surface area contributed by atoms with Gasteiger partial charge in [-0.25, -0.2) is 13.1 Å². The van der Waals surface area contributed by atoms with E-state index in [0.717, 1.165) is 16.7 Å². The molecule has 0 spiro atoms. The van der Waals surface area contributed by atoms with Gasteiger partial charge < -0.3 is 4.74 Å². The fraction of sp³-hybridized carbons (Fsp3) is 0.250. The van der Waals surface area contributed by atoms with Gasteiger partial charge in [0, 0.05) is 11.0 Å². The van der Waals surface area contributed by atoms with E-state index in [1.54, 1.807) is 12.1 Å². The average Bonchev–Trinajstić information content (AvgIpc) is 2.49. The standard InChI is InChI=1S/C16H18BrNO3S/c1-11-5-4-6-13(12(11)2)10-18-22(19,20)16-9-14(17)7-8-15(16)21-3/h4-9,18H,10H2,1-3H3.